The maximum absolute atomic E-state index is 13.5. The summed E-state index contributed by atoms with van der Waals surface area (Å²) in [5, 5.41) is 6.58. The molecule has 190 valence electrons. The van der Waals surface area contributed by atoms with Gasteiger partial charge in [0.15, 0.2) is 0 Å². The molecule has 5 aromatic rings. The third kappa shape index (κ3) is 4.81. The lowest BCUT2D eigenvalue weighted by atomic mass is 9.93. The van der Waals surface area contributed by atoms with Crippen molar-refractivity contribution in [2.75, 3.05) is 7.05 Å². The number of amides is 2. The molecule has 1 aromatic heterocycles. The smallest absolute Gasteiger partial charge is 0.253 e. The van der Waals surface area contributed by atoms with Crippen LogP contribution in [0.3, 0.4) is 0 Å². The Bertz CT molecular complexity index is 1640. The lowest BCUT2D eigenvalue weighted by Crippen LogP contribution is -2.40. The first kappa shape index (κ1) is 25.0. The molecule has 3 N–H and O–H groups in total. The van der Waals surface area contributed by atoms with Crippen LogP contribution >= 0.6 is 0 Å². The minimum Gasteiger partial charge on any atom is -0.355 e. The number of nitrogens with one attached hydrogen (secondary N) is 3. The van der Waals surface area contributed by atoms with Crippen molar-refractivity contribution in [2.45, 2.75) is 19.4 Å². The van der Waals surface area contributed by atoms with Crippen LogP contribution in [0, 0.1) is 5.82 Å². The van der Waals surface area contributed by atoms with Gasteiger partial charge in [0.25, 0.3) is 11.8 Å². The van der Waals surface area contributed by atoms with E-state index in [-0.39, 0.29) is 17.6 Å². The molecule has 0 unspecified atom stereocenters. The number of halogens is 1. The van der Waals surface area contributed by atoms with Gasteiger partial charge >= 0.3 is 0 Å². The fourth-order valence-electron chi connectivity index (χ4n) is 4.69. The highest BCUT2D eigenvalue weighted by Crippen LogP contribution is 2.34. The molecule has 4 aromatic carbocycles. The van der Waals surface area contributed by atoms with Crippen molar-refractivity contribution in [3.05, 3.63) is 120 Å². The zero-order valence-corrected chi connectivity index (χ0v) is 21.4. The standard InChI is InChI=1S/C32H28FN3O2/c1-32(2,24-10-5-4-6-11-24)36-30(37)23-9-7-8-21(18-23)22-14-17-27-26(19-22)28(31(38)34-3)29(35-27)20-12-15-25(33)16-13-20/h4-19,35H,1-3H3,(H,34,38)(H,36,37). The Morgan fingerprint density at radius 1 is 0.763 bits per heavy atom. The lowest BCUT2D eigenvalue weighted by Gasteiger charge is -2.27. The Hall–Kier alpha value is -4.71. The van der Waals surface area contributed by atoms with Crippen molar-refractivity contribution in [1.29, 1.82) is 0 Å². The van der Waals surface area contributed by atoms with Crippen molar-refractivity contribution < 1.29 is 14.0 Å². The van der Waals surface area contributed by atoms with Crippen molar-refractivity contribution in [3.8, 4) is 22.4 Å². The monoisotopic (exact) mass is 505 g/mol. The zero-order chi connectivity index (χ0) is 26.9. The van der Waals surface area contributed by atoms with Crippen molar-refractivity contribution >= 4 is 22.7 Å². The van der Waals surface area contributed by atoms with Gasteiger partial charge in [0.1, 0.15) is 5.82 Å². The second-order valence-corrected chi connectivity index (χ2v) is 9.75. The molecule has 38 heavy (non-hydrogen) atoms. The Morgan fingerprint density at radius 3 is 2.16 bits per heavy atom. The summed E-state index contributed by atoms with van der Waals surface area (Å²) in [7, 11) is 1.58. The van der Waals surface area contributed by atoms with E-state index in [0.29, 0.717) is 22.4 Å². The van der Waals surface area contributed by atoms with E-state index in [9.17, 15) is 14.0 Å². The molecule has 0 aliphatic heterocycles. The normalized spacial score (nSPS) is 11.4. The van der Waals surface area contributed by atoms with Gasteiger partial charge in [-0.05, 0) is 84.6 Å². The predicted octanol–water partition coefficient (Wildman–Crippen LogP) is 6.67. The number of carbonyl (C=O) groups excluding carboxylic acids is 2. The topological polar surface area (TPSA) is 74.0 Å². The van der Waals surface area contributed by atoms with E-state index in [1.54, 1.807) is 25.2 Å². The number of aromatic amines is 1. The van der Waals surface area contributed by atoms with Crippen molar-refractivity contribution in [2.24, 2.45) is 0 Å². The first-order valence-corrected chi connectivity index (χ1v) is 12.4. The van der Waals surface area contributed by atoms with Crippen molar-refractivity contribution in [3.63, 3.8) is 0 Å². The van der Waals surface area contributed by atoms with Gasteiger partial charge in [-0.15, -0.1) is 0 Å². The second-order valence-electron chi connectivity index (χ2n) is 9.75. The largest absolute Gasteiger partial charge is 0.355 e. The predicted molar refractivity (Wildman–Crippen MR) is 149 cm³/mol. The number of hydrogen-bond donors (Lipinski definition) is 3. The second kappa shape index (κ2) is 9.98. The van der Waals surface area contributed by atoms with Gasteiger partial charge in [-0.25, -0.2) is 4.39 Å². The number of hydrogen-bond acceptors (Lipinski definition) is 2. The van der Waals surface area contributed by atoms with Crippen LogP contribution in [-0.2, 0) is 5.54 Å². The van der Waals surface area contributed by atoms with Crippen LogP contribution in [0.1, 0.15) is 40.1 Å². The molecule has 6 heteroatoms. The summed E-state index contributed by atoms with van der Waals surface area (Å²) < 4.78 is 13.5. The quantitative estimate of drug-likeness (QED) is 0.241. The first-order chi connectivity index (χ1) is 18.3. The third-order valence-corrected chi connectivity index (χ3v) is 6.77. The summed E-state index contributed by atoms with van der Waals surface area (Å²) in [4.78, 5) is 29.5. The van der Waals surface area contributed by atoms with Crippen LogP contribution in [0.5, 0.6) is 0 Å². The van der Waals surface area contributed by atoms with E-state index in [4.69, 9.17) is 0 Å². The molecule has 0 aliphatic rings. The van der Waals surface area contributed by atoms with E-state index >= 15 is 0 Å². The molecule has 0 atom stereocenters. The minimum absolute atomic E-state index is 0.173. The van der Waals surface area contributed by atoms with E-state index in [0.717, 1.165) is 27.6 Å². The van der Waals surface area contributed by atoms with E-state index in [2.05, 4.69) is 15.6 Å². The average molecular weight is 506 g/mol. The Labute approximate surface area is 220 Å². The molecular formula is C32H28FN3O2. The number of aromatic nitrogens is 1. The summed E-state index contributed by atoms with van der Waals surface area (Å²) in [6, 6.07) is 29.1. The first-order valence-electron chi connectivity index (χ1n) is 12.4. The molecule has 0 saturated carbocycles. The minimum atomic E-state index is -0.544. The summed E-state index contributed by atoms with van der Waals surface area (Å²) in [6.07, 6.45) is 0. The molecule has 0 fully saturated rings. The van der Waals surface area contributed by atoms with Gasteiger partial charge in [0.2, 0.25) is 0 Å². The Kier molecular flexibility index (Phi) is 6.55. The van der Waals surface area contributed by atoms with Crippen LogP contribution in [0.2, 0.25) is 0 Å². The Balaban J connectivity index is 1.52. The van der Waals surface area contributed by atoms with Gasteiger partial charge in [-0.2, -0.15) is 0 Å². The fourth-order valence-corrected chi connectivity index (χ4v) is 4.69. The highest BCUT2D eigenvalue weighted by molar-refractivity contribution is 6.13. The van der Waals surface area contributed by atoms with Crippen LogP contribution in [0.4, 0.5) is 4.39 Å². The highest BCUT2D eigenvalue weighted by Gasteiger charge is 2.24. The molecule has 5 nitrogen and oxygen atoms in total. The van der Waals surface area contributed by atoms with Crippen LogP contribution in [0.25, 0.3) is 33.3 Å². The number of fused-ring (bicyclic) bond motifs is 1. The molecule has 0 saturated heterocycles. The SMILES string of the molecule is CNC(=O)c1c(-c2ccc(F)cc2)[nH]c2ccc(-c3cccc(C(=O)NC(C)(C)c4ccccc4)c3)cc12. The molecule has 0 aliphatic carbocycles. The van der Waals surface area contributed by atoms with Crippen LogP contribution < -0.4 is 10.6 Å². The molecule has 0 bridgehead atoms. The molecule has 0 spiro atoms. The number of rotatable bonds is 6. The van der Waals surface area contributed by atoms with E-state index in [1.807, 2.05) is 80.6 Å². The number of H-pyrrole nitrogens is 1. The van der Waals surface area contributed by atoms with Crippen molar-refractivity contribution in [1.82, 2.24) is 15.6 Å². The maximum Gasteiger partial charge on any atom is 0.253 e. The average Bonchev–Trinajstić information content (AvgIpc) is 3.32. The lowest BCUT2D eigenvalue weighted by molar-refractivity contribution is 0.0910. The Morgan fingerprint density at radius 2 is 1.45 bits per heavy atom. The van der Waals surface area contributed by atoms with E-state index in [1.165, 1.54) is 12.1 Å². The molecule has 5 rings (SSSR count). The van der Waals surface area contributed by atoms with Gasteiger partial charge in [-0.1, -0.05) is 48.5 Å². The maximum atomic E-state index is 13.5. The van der Waals surface area contributed by atoms with E-state index < -0.39 is 5.54 Å². The summed E-state index contributed by atoms with van der Waals surface area (Å²) in [5.41, 5.74) is 5.32. The fraction of sp³-hybridized carbons (Fsp3) is 0.125. The summed E-state index contributed by atoms with van der Waals surface area (Å²) in [5.74, 6) is -0.762. The van der Waals surface area contributed by atoms with Gasteiger partial charge in [0, 0.05) is 23.5 Å². The molecule has 0 radical (unpaired) electrons. The third-order valence-electron chi connectivity index (χ3n) is 6.77. The molecule has 1 heterocycles. The van der Waals surface area contributed by atoms with Crippen LogP contribution in [0.15, 0.2) is 97.1 Å². The van der Waals surface area contributed by atoms with Gasteiger partial charge in [0.05, 0.1) is 16.8 Å². The molecule has 2 amide bonds. The van der Waals surface area contributed by atoms with Gasteiger partial charge in [-0.3, -0.25) is 9.59 Å². The number of carbonyl (C=O) groups is 2. The van der Waals surface area contributed by atoms with Gasteiger partial charge < -0.3 is 15.6 Å². The summed E-state index contributed by atoms with van der Waals surface area (Å²) in [6.45, 7) is 3.95. The number of benzene rings is 4. The zero-order valence-electron chi connectivity index (χ0n) is 21.4. The van der Waals surface area contributed by atoms with Crippen LogP contribution in [-0.4, -0.2) is 23.8 Å². The highest BCUT2D eigenvalue weighted by atomic mass is 19.1. The summed E-state index contributed by atoms with van der Waals surface area (Å²) >= 11 is 0. The molecular weight excluding hydrogens is 477 g/mol.